The predicted octanol–water partition coefficient (Wildman–Crippen LogP) is 4.24. The van der Waals surface area contributed by atoms with Crippen LogP contribution in [0.1, 0.15) is 16.1 Å². The number of hydrogen-bond acceptors (Lipinski definition) is 4. The maximum absolute atomic E-state index is 12.1. The van der Waals surface area contributed by atoms with Gasteiger partial charge < -0.3 is 10.1 Å². The maximum Gasteiger partial charge on any atom is 0.262 e. The van der Waals surface area contributed by atoms with Crippen LogP contribution in [0.4, 0.5) is 5.69 Å². The molecule has 1 heterocycles. The first-order valence-corrected chi connectivity index (χ1v) is 8.20. The van der Waals surface area contributed by atoms with Crippen LogP contribution >= 0.6 is 11.3 Å². The third-order valence-electron chi connectivity index (χ3n) is 3.47. The number of hydrogen-bond donors (Lipinski definition) is 1. The van der Waals surface area contributed by atoms with Gasteiger partial charge in [-0.15, -0.1) is 11.3 Å². The van der Waals surface area contributed by atoms with E-state index in [1.54, 1.807) is 11.3 Å². The zero-order valence-corrected chi connectivity index (χ0v) is 14.2. The molecule has 0 radical (unpaired) electrons. The van der Waals surface area contributed by atoms with Crippen LogP contribution in [0, 0.1) is 20.8 Å². The van der Waals surface area contributed by atoms with Crippen LogP contribution in [-0.2, 0) is 4.79 Å². The van der Waals surface area contributed by atoms with Crippen molar-refractivity contribution >= 4 is 33.1 Å². The third kappa shape index (κ3) is 3.68. The van der Waals surface area contributed by atoms with Gasteiger partial charge in [0, 0.05) is 5.69 Å². The highest BCUT2D eigenvalue weighted by atomic mass is 32.1. The fourth-order valence-electron chi connectivity index (χ4n) is 2.42. The quantitative estimate of drug-likeness (QED) is 0.780. The highest BCUT2D eigenvalue weighted by Crippen LogP contribution is 2.25. The molecule has 1 N–H and O–H groups in total. The Kier molecular flexibility index (Phi) is 4.30. The molecule has 0 spiro atoms. The van der Waals surface area contributed by atoms with E-state index in [4.69, 9.17) is 4.74 Å². The van der Waals surface area contributed by atoms with E-state index in [0.717, 1.165) is 32.2 Å². The number of aromatic nitrogens is 1. The number of thiazole rings is 1. The Hall–Kier alpha value is -2.40. The summed E-state index contributed by atoms with van der Waals surface area (Å²) in [4.78, 5) is 16.5. The van der Waals surface area contributed by atoms with Crippen molar-refractivity contribution in [3.8, 4) is 5.75 Å². The summed E-state index contributed by atoms with van der Waals surface area (Å²) in [5, 5.41) is 3.87. The smallest absolute Gasteiger partial charge is 0.262 e. The van der Waals surface area contributed by atoms with Crippen molar-refractivity contribution in [1.82, 2.24) is 4.98 Å². The molecule has 1 amide bonds. The summed E-state index contributed by atoms with van der Waals surface area (Å²) < 4.78 is 6.66. The normalized spacial score (nSPS) is 10.7. The van der Waals surface area contributed by atoms with Gasteiger partial charge in [-0.1, -0.05) is 17.7 Å². The zero-order valence-electron chi connectivity index (χ0n) is 13.3. The molecule has 0 fully saturated rings. The van der Waals surface area contributed by atoms with Crippen LogP contribution in [0.15, 0.2) is 36.4 Å². The van der Waals surface area contributed by atoms with Crippen LogP contribution in [-0.4, -0.2) is 17.5 Å². The number of fused-ring (bicyclic) bond motifs is 1. The fourth-order valence-corrected chi connectivity index (χ4v) is 3.29. The van der Waals surface area contributed by atoms with E-state index < -0.39 is 0 Å². The molecule has 0 unspecified atom stereocenters. The number of nitrogens with zero attached hydrogens (tertiary/aromatic N) is 1. The SMILES string of the molecule is Cc1ccc(OCC(=O)Nc2ccc3nc(C)sc3c2)c(C)c1. The zero-order chi connectivity index (χ0) is 16.4. The lowest BCUT2D eigenvalue weighted by molar-refractivity contribution is -0.118. The summed E-state index contributed by atoms with van der Waals surface area (Å²) in [7, 11) is 0. The molecule has 0 bridgehead atoms. The van der Waals surface area contributed by atoms with Crippen molar-refractivity contribution in [2.75, 3.05) is 11.9 Å². The van der Waals surface area contributed by atoms with E-state index in [1.165, 1.54) is 5.56 Å². The molecule has 1 aromatic heterocycles. The summed E-state index contributed by atoms with van der Waals surface area (Å²) in [6, 6.07) is 11.6. The molecule has 3 rings (SSSR count). The van der Waals surface area contributed by atoms with Crippen molar-refractivity contribution in [3.05, 3.63) is 52.5 Å². The monoisotopic (exact) mass is 326 g/mol. The number of aryl methyl sites for hydroxylation is 3. The number of ether oxygens (including phenoxy) is 1. The number of carbonyl (C=O) groups excluding carboxylic acids is 1. The summed E-state index contributed by atoms with van der Waals surface area (Å²) in [6.45, 7) is 5.96. The summed E-state index contributed by atoms with van der Waals surface area (Å²) in [6.07, 6.45) is 0. The maximum atomic E-state index is 12.1. The standard InChI is InChI=1S/C18H18N2O2S/c1-11-4-7-16(12(2)8-11)22-10-18(21)20-14-5-6-15-17(9-14)23-13(3)19-15/h4-9H,10H2,1-3H3,(H,20,21). The van der Waals surface area contributed by atoms with Crippen molar-refractivity contribution in [2.45, 2.75) is 20.8 Å². The van der Waals surface area contributed by atoms with Crippen molar-refractivity contribution in [2.24, 2.45) is 0 Å². The summed E-state index contributed by atoms with van der Waals surface area (Å²) >= 11 is 1.61. The van der Waals surface area contributed by atoms with E-state index in [0.29, 0.717) is 0 Å². The number of amides is 1. The molecule has 0 atom stereocenters. The van der Waals surface area contributed by atoms with Gasteiger partial charge in [-0.3, -0.25) is 4.79 Å². The lowest BCUT2D eigenvalue weighted by Gasteiger charge is -2.10. The lowest BCUT2D eigenvalue weighted by atomic mass is 10.1. The Bertz CT molecular complexity index is 871. The Labute approximate surface area is 139 Å². The van der Waals surface area contributed by atoms with Gasteiger partial charge >= 0.3 is 0 Å². The average Bonchev–Trinajstić information content (AvgIpc) is 2.85. The Balaban J connectivity index is 1.63. The molecule has 5 heteroatoms. The molecule has 0 aliphatic carbocycles. The molecular weight excluding hydrogens is 308 g/mol. The topological polar surface area (TPSA) is 51.2 Å². The minimum Gasteiger partial charge on any atom is -0.483 e. The minimum absolute atomic E-state index is 0.0103. The molecule has 3 aromatic rings. The molecular formula is C18H18N2O2S. The minimum atomic E-state index is -0.175. The first-order chi connectivity index (χ1) is 11.0. The van der Waals surface area contributed by atoms with Crippen molar-refractivity contribution in [3.63, 3.8) is 0 Å². The van der Waals surface area contributed by atoms with Gasteiger partial charge in [-0.2, -0.15) is 0 Å². The van der Waals surface area contributed by atoms with Crippen LogP contribution < -0.4 is 10.1 Å². The lowest BCUT2D eigenvalue weighted by Crippen LogP contribution is -2.20. The van der Waals surface area contributed by atoms with Crippen LogP contribution in [0.3, 0.4) is 0 Å². The van der Waals surface area contributed by atoms with Gasteiger partial charge in [0.15, 0.2) is 6.61 Å². The first kappa shape index (κ1) is 15.5. The molecule has 0 saturated heterocycles. The van der Waals surface area contributed by atoms with Gasteiger partial charge in [0.2, 0.25) is 0 Å². The largest absolute Gasteiger partial charge is 0.483 e. The molecule has 0 saturated carbocycles. The summed E-state index contributed by atoms with van der Waals surface area (Å²) in [5.74, 6) is 0.560. The Morgan fingerprint density at radius 1 is 1.17 bits per heavy atom. The Morgan fingerprint density at radius 3 is 2.78 bits per heavy atom. The number of carbonyl (C=O) groups is 1. The Morgan fingerprint density at radius 2 is 2.00 bits per heavy atom. The first-order valence-electron chi connectivity index (χ1n) is 7.38. The van der Waals surface area contributed by atoms with Gasteiger partial charge in [-0.25, -0.2) is 4.98 Å². The van der Waals surface area contributed by atoms with Crippen LogP contribution in [0.5, 0.6) is 5.75 Å². The van der Waals surface area contributed by atoms with Gasteiger partial charge in [0.05, 0.1) is 15.2 Å². The average molecular weight is 326 g/mol. The number of benzene rings is 2. The van der Waals surface area contributed by atoms with E-state index in [1.807, 2.05) is 57.2 Å². The fraction of sp³-hybridized carbons (Fsp3) is 0.222. The van der Waals surface area contributed by atoms with Gasteiger partial charge in [-0.05, 0) is 50.6 Å². The molecule has 2 aromatic carbocycles. The highest BCUT2D eigenvalue weighted by Gasteiger charge is 2.07. The highest BCUT2D eigenvalue weighted by molar-refractivity contribution is 7.18. The number of nitrogens with one attached hydrogen (secondary N) is 1. The van der Waals surface area contributed by atoms with E-state index >= 15 is 0 Å². The second-order valence-electron chi connectivity index (χ2n) is 5.52. The predicted molar refractivity (Wildman–Crippen MR) is 94.4 cm³/mol. The second-order valence-corrected chi connectivity index (χ2v) is 6.76. The molecule has 4 nitrogen and oxygen atoms in total. The number of rotatable bonds is 4. The molecule has 0 aliphatic heterocycles. The van der Waals surface area contributed by atoms with E-state index in [-0.39, 0.29) is 12.5 Å². The molecule has 0 aliphatic rings. The number of anilines is 1. The van der Waals surface area contributed by atoms with Crippen LogP contribution in [0.25, 0.3) is 10.2 Å². The van der Waals surface area contributed by atoms with E-state index in [2.05, 4.69) is 10.3 Å². The van der Waals surface area contributed by atoms with Crippen LogP contribution in [0.2, 0.25) is 0 Å². The van der Waals surface area contributed by atoms with Gasteiger partial charge in [0.25, 0.3) is 5.91 Å². The van der Waals surface area contributed by atoms with E-state index in [9.17, 15) is 4.79 Å². The third-order valence-corrected chi connectivity index (χ3v) is 4.40. The molecule has 23 heavy (non-hydrogen) atoms. The van der Waals surface area contributed by atoms with Crippen molar-refractivity contribution < 1.29 is 9.53 Å². The van der Waals surface area contributed by atoms with Gasteiger partial charge in [0.1, 0.15) is 5.75 Å². The van der Waals surface area contributed by atoms with Crippen molar-refractivity contribution in [1.29, 1.82) is 0 Å². The summed E-state index contributed by atoms with van der Waals surface area (Å²) in [5.41, 5.74) is 3.92. The molecule has 118 valence electrons. The second kappa shape index (κ2) is 6.38.